The van der Waals surface area contributed by atoms with E-state index < -0.39 is 17.3 Å². The lowest BCUT2D eigenvalue weighted by Crippen LogP contribution is -2.39. The first kappa shape index (κ1) is 19.9. The van der Waals surface area contributed by atoms with Crippen molar-refractivity contribution in [2.45, 2.75) is 18.9 Å². The molecule has 0 aliphatic carbocycles. The maximum absolute atomic E-state index is 13.9. The maximum atomic E-state index is 13.9. The number of hydrogen-bond acceptors (Lipinski definition) is 4. The summed E-state index contributed by atoms with van der Waals surface area (Å²) in [5, 5.41) is 2.69. The molecule has 2 aromatic carbocycles. The average molecular weight is 411 g/mol. The van der Waals surface area contributed by atoms with Gasteiger partial charge in [-0.2, -0.15) is 0 Å². The van der Waals surface area contributed by atoms with Crippen LogP contribution in [-0.2, 0) is 4.74 Å². The molecule has 1 atom stereocenters. The van der Waals surface area contributed by atoms with Gasteiger partial charge in [0.05, 0.1) is 18.7 Å². The number of anilines is 1. The third-order valence-electron chi connectivity index (χ3n) is 5.60. The van der Waals surface area contributed by atoms with Gasteiger partial charge in [0.25, 0.3) is 11.8 Å². The smallest absolute Gasteiger partial charge is 0.410 e. The summed E-state index contributed by atoms with van der Waals surface area (Å²) in [5.41, 5.74) is 0.866. The summed E-state index contributed by atoms with van der Waals surface area (Å²) in [4.78, 5) is 40.4. The van der Waals surface area contributed by atoms with Gasteiger partial charge in [0, 0.05) is 31.3 Å². The van der Waals surface area contributed by atoms with Gasteiger partial charge < -0.3 is 19.9 Å². The number of carbonyl (C=O) groups is 3. The minimum Gasteiger partial charge on any atom is -0.439 e. The molecular weight excluding hydrogens is 389 g/mol. The van der Waals surface area contributed by atoms with Crippen molar-refractivity contribution in [2.24, 2.45) is 0 Å². The molecule has 0 radical (unpaired) electrons. The summed E-state index contributed by atoms with van der Waals surface area (Å²) in [6.07, 6.45) is 0.204. The number of nitrogens with one attached hydrogen (secondary N) is 1. The first-order valence-corrected chi connectivity index (χ1v) is 9.68. The summed E-state index contributed by atoms with van der Waals surface area (Å²) in [7, 11) is 1.67. The molecule has 0 saturated carbocycles. The molecule has 2 aliphatic rings. The lowest BCUT2D eigenvalue weighted by atomic mass is 10.0. The Balaban J connectivity index is 1.51. The Bertz CT molecular complexity index is 1040. The number of carbonyl (C=O) groups excluding carboxylic acids is 3. The van der Waals surface area contributed by atoms with Gasteiger partial charge >= 0.3 is 6.09 Å². The summed E-state index contributed by atoms with van der Waals surface area (Å²) in [6.45, 7) is 3.05. The standard InChI is InChI=1S/C22H22FN3O4/c1-14-7-8-15(11-18(14)24-19(27)16-5-3-4-6-17(16)23)20(28)26-10-9-22(13-26)12-25(2)21(29)30-22/h3-8,11H,9-10,12-13H2,1-2H3,(H,24,27). The predicted octanol–water partition coefficient (Wildman–Crippen LogP) is 3.05. The Morgan fingerprint density at radius 1 is 1.17 bits per heavy atom. The van der Waals surface area contributed by atoms with E-state index in [-0.39, 0.29) is 17.6 Å². The Labute approximate surface area is 173 Å². The molecule has 1 spiro atoms. The average Bonchev–Trinajstić information content (AvgIpc) is 3.25. The van der Waals surface area contributed by atoms with Crippen molar-refractivity contribution in [2.75, 3.05) is 32.0 Å². The summed E-state index contributed by atoms with van der Waals surface area (Å²) in [5.74, 6) is -1.40. The number of nitrogens with zero attached hydrogens (tertiary/aromatic N) is 2. The minimum absolute atomic E-state index is 0.0673. The molecule has 2 fully saturated rings. The van der Waals surface area contributed by atoms with Crippen LogP contribution in [0.5, 0.6) is 0 Å². The number of likely N-dealkylation sites (tertiary alicyclic amines) is 1. The van der Waals surface area contributed by atoms with E-state index in [1.807, 2.05) is 0 Å². The molecule has 0 bridgehead atoms. The van der Waals surface area contributed by atoms with E-state index in [0.29, 0.717) is 37.3 Å². The second-order valence-corrected chi connectivity index (χ2v) is 7.85. The van der Waals surface area contributed by atoms with E-state index in [2.05, 4.69) is 5.32 Å². The number of benzene rings is 2. The van der Waals surface area contributed by atoms with Gasteiger partial charge in [-0.3, -0.25) is 9.59 Å². The SMILES string of the molecule is Cc1ccc(C(=O)N2CCC3(CN(C)C(=O)O3)C2)cc1NC(=O)c1ccccc1F. The van der Waals surface area contributed by atoms with Crippen molar-refractivity contribution in [3.05, 3.63) is 65.0 Å². The Hall–Kier alpha value is -3.42. The van der Waals surface area contributed by atoms with E-state index >= 15 is 0 Å². The van der Waals surface area contributed by atoms with Crippen molar-refractivity contribution in [3.63, 3.8) is 0 Å². The van der Waals surface area contributed by atoms with Crippen molar-refractivity contribution in [3.8, 4) is 0 Å². The van der Waals surface area contributed by atoms with E-state index in [1.165, 1.54) is 23.1 Å². The number of halogens is 1. The van der Waals surface area contributed by atoms with Crippen molar-refractivity contribution in [1.82, 2.24) is 9.80 Å². The monoisotopic (exact) mass is 411 g/mol. The van der Waals surface area contributed by atoms with Crippen LogP contribution in [0.2, 0.25) is 0 Å². The number of hydrogen-bond donors (Lipinski definition) is 1. The molecule has 4 rings (SSSR count). The van der Waals surface area contributed by atoms with Crippen molar-refractivity contribution < 1.29 is 23.5 Å². The van der Waals surface area contributed by atoms with Crippen LogP contribution >= 0.6 is 0 Å². The number of ether oxygens (including phenoxy) is 1. The largest absolute Gasteiger partial charge is 0.439 e. The summed E-state index contributed by atoms with van der Waals surface area (Å²) in [6, 6.07) is 10.7. The quantitative estimate of drug-likeness (QED) is 0.842. The van der Waals surface area contributed by atoms with Crippen LogP contribution in [0.15, 0.2) is 42.5 Å². The van der Waals surface area contributed by atoms with E-state index in [9.17, 15) is 18.8 Å². The zero-order chi connectivity index (χ0) is 21.5. The zero-order valence-electron chi connectivity index (χ0n) is 16.8. The third-order valence-corrected chi connectivity index (χ3v) is 5.60. The maximum Gasteiger partial charge on any atom is 0.410 e. The molecule has 1 N–H and O–H groups in total. The lowest BCUT2D eigenvalue weighted by Gasteiger charge is -2.22. The van der Waals surface area contributed by atoms with Crippen LogP contribution in [-0.4, -0.2) is 60.0 Å². The molecule has 30 heavy (non-hydrogen) atoms. The first-order chi connectivity index (χ1) is 14.3. The Morgan fingerprint density at radius 3 is 2.63 bits per heavy atom. The van der Waals surface area contributed by atoms with E-state index in [1.54, 1.807) is 43.1 Å². The van der Waals surface area contributed by atoms with E-state index in [0.717, 1.165) is 5.56 Å². The highest BCUT2D eigenvalue weighted by Gasteiger charge is 2.49. The molecule has 3 amide bonds. The molecule has 2 heterocycles. The minimum atomic E-state index is -0.659. The van der Waals surface area contributed by atoms with Gasteiger partial charge in [0.2, 0.25) is 0 Å². The van der Waals surface area contributed by atoms with Crippen LogP contribution in [0.25, 0.3) is 0 Å². The van der Waals surface area contributed by atoms with Crippen LogP contribution in [0.3, 0.4) is 0 Å². The second-order valence-electron chi connectivity index (χ2n) is 7.85. The second kappa shape index (κ2) is 7.44. The molecule has 2 aliphatic heterocycles. The topological polar surface area (TPSA) is 79.0 Å². The number of aryl methyl sites for hydroxylation is 1. The number of rotatable bonds is 3. The van der Waals surface area contributed by atoms with Crippen LogP contribution in [0, 0.1) is 12.7 Å². The van der Waals surface area contributed by atoms with Gasteiger partial charge in [0.15, 0.2) is 5.60 Å². The van der Waals surface area contributed by atoms with Crippen LogP contribution in [0.4, 0.5) is 14.9 Å². The molecular formula is C22H22FN3O4. The Morgan fingerprint density at radius 2 is 1.93 bits per heavy atom. The highest BCUT2D eigenvalue weighted by atomic mass is 19.1. The molecule has 0 aromatic heterocycles. The van der Waals surface area contributed by atoms with Gasteiger partial charge in [-0.1, -0.05) is 18.2 Å². The fraction of sp³-hybridized carbons (Fsp3) is 0.318. The van der Waals surface area contributed by atoms with Gasteiger partial charge in [0.1, 0.15) is 5.82 Å². The van der Waals surface area contributed by atoms with E-state index in [4.69, 9.17) is 4.74 Å². The lowest BCUT2D eigenvalue weighted by molar-refractivity contribution is 0.0553. The normalized spacial score (nSPS) is 20.6. The van der Waals surface area contributed by atoms with Crippen molar-refractivity contribution in [1.29, 1.82) is 0 Å². The molecule has 2 saturated heterocycles. The highest BCUT2D eigenvalue weighted by Crippen LogP contribution is 2.32. The Kier molecular flexibility index (Phi) is 4.93. The summed E-state index contributed by atoms with van der Waals surface area (Å²) < 4.78 is 19.4. The third kappa shape index (κ3) is 3.60. The fourth-order valence-electron chi connectivity index (χ4n) is 3.93. The highest BCUT2D eigenvalue weighted by molar-refractivity contribution is 6.05. The van der Waals surface area contributed by atoms with Crippen LogP contribution in [0.1, 0.15) is 32.7 Å². The van der Waals surface area contributed by atoms with Gasteiger partial charge in [-0.05, 0) is 36.8 Å². The molecule has 156 valence electrons. The summed E-state index contributed by atoms with van der Waals surface area (Å²) >= 11 is 0. The number of likely N-dealkylation sites (N-methyl/N-ethyl adjacent to an activating group) is 1. The molecule has 1 unspecified atom stereocenters. The molecule has 7 nitrogen and oxygen atoms in total. The number of amides is 3. The van der Waals surface area contributed by atoms with Gasteiger partial charge in [-0.25, -0.2) is 9.18 Å². The van der Waals surface area contributed by atoms with Crippen LogP contribution < -0.4 is 5.32 Å². The molecule has 8 heteroatoms. The van der Waals surface area contributed by atoms with Crippen molar-refractivity contribution >= 4 is 23.6 Å². The predicted molar refractivity (Wildman–Crippen MR) is 108 cm³/mol. The fourth-order valence-corrected chi connectivity index (χ4v) is 3.93. The zero-order valence-corrected chi connectivity index (χ0v) is 16.8. The first-order valence-electron chi connectivity index (χ1n) is 9.68. The molecule has 2 aromatic rings. The van der Waals surface area contributed by atoms with Gasteiger partial charge in [-0.15, -0.1) is 0 Å².